The highest BCUT2D eigenvalue weighted by molar-refractivity contribution is 7.15. The summed E-state index contributed by atoms with van der Waals surface area (Å²) in [5.41, 5.74) is 5.44. The zero-order valence-electron chi connectivity index (χ0n) is 7.03. The van der Waals surface area contributed by atoms with Crippen molar-refractivity contribution < 1.29 is 4.48 Å². The standard InChI is InChI=1S/C6H13N4S/c1-10(2,3)4-5-8-9-6(7)11-5/h4H2,1-3H3,(H2,7,9)/q+1. The highest BCUT2D eigenvalue weighted by Crippen LogP contribution is 2.13. The lowest BCUT2D eigenvalue weighted by Gasteiger charge is -2.21. The van der Waals surface area contributed by atoms with Gasteiger partial charge in [0.2, 0.25) is 5.13 Å². The Kier molecular flexibility index (Phi) is 2.10. The number of nitrogens with two attached hydrogens (primary N) is 1. The summed E-state index contributed by atoms with van der Waals surface area (Å²) in [7, 11) is 6.33. The number of hydrogen-bond acceptors (Lipinski definition) is 4. The minimum Gasteiger partial charge on any atom is -0.374 e. The smallest absolute Gasteiger partial charge is 0.203 e. The molecule has 4 nitrogen and oxygen atoms in total. The molecule has 1 rings (SSSR count). The maximum Gasteiger partial charge on any atom is 0.203 e. The molecule has 0 saturated carbocycles. The van der Waals surface area contributed by atoms with E-state index in [4.69, 9.17) is 5.73 Å². The van der Waals surface area contributed by atoms with E-state index in [2.05, 4.69) is 31.3 Å². The maximum atomic E-state index is 5.44. The van der Waals surface area contributed by atoms with Crippen LogP contribution in [0.3, 0.4) is 0 Å². The minimum atomic E-state index is 0.549. The molecule has 2 N–H and O–H groups in total. The third kappa shape index (κ3) is 2.81. The first-order chi connectivity index (χ1) is 4.97. The van der Waals surface area contributed by atoms with Gasteiger partial charge in [0.25, 0.3) is 0 Å². The van der Waals surface area contributed by atoms with Crippen molar-refractivity contribution in [3.63, 3.8) is 0 Å². The molecule has 0 aliphatic heterocycles. The fourth-order valence-corrected chi connectivity index (χ4v) is 1.59. The predicted octanol–water partition coefficient (Wildman–Crippen LogP) is 0.327. The van der Waals surface area contributed by atoms with Gasteiger partial charge in [0, 0.05) is 0 Å². The van der Waals surface area contributed by atoms with Gasteiger partial charge in [-0.05, 0) is 0 Å². The quantitative estimate of drug-likeness (QED) is 0.656. The van der Waals surface area contributed by atoms with Crippen LogP contribution >= 0.6 is 11.3 Å². The summed E-state index contributed by atoms with van der Waals surface area (Å²) in [6, 6.07) is 0. The Balaban J connectivity index is 2.65. The molecule has 62 valence electrons. The molecular formula is C6H13N4S+. The van der Waals surface area contributed by atoms with Crippen LogP contribution in [-0.4, -0.2) is 35.8 Å². The van der Waals surface area contributed by atoms with E-state index in [0.29, 0.717) is 5.13 Å². The van der Waals surface area contributed by atoms with Crippen LogP contribution in [0.1, 0.15) is 5.01 Å². The van der Waals surface area contributed by atoms with Crippen molar-refractivity contribution in [1.82, 2.24) is 10.2 Å². The summed E-state index contributed by atoms with van der Waals surface area (Å²) in [5, 5.41) is 9.21. The first-order valence-corrected chi connectivity index (χ1v) is 4.17. The normalized spacial score (nSPS) is 11.9. The summed E-state index contributed by atoms with van der Waals surface area (Å²) in [4.78, 5) is 0. The second-order valence-corrected chi connectivity index (χ2v) is 4.58. The van der Waals surface area contributed by atoms with Crippen molar-refractivity contribution in [2.75, 3.05) is 26.9 Å². The van der Waals surface area contributed by atoms with E-state index in [9.17, 15) is 0 Å². The zero-order chi connectivity index (χ0) is 8.48. The molecule has 0 fully saturated rings. The van der Waals surface area contributed by atoms with Crippen LogP contribution in [0, 0.1) is 0 Å². The van der Waals surface area contributed by atoms with Crippen molar-refractivity contribution in [1.29, 1.82) is 0 Å². The van der Waals surface area contributed by atoms with Crippen LogP contribution in [0.2, 0.25) is 0 Å². The lowest BCUT2D eigenvalue weighted by atomic mass is 10.5. The summed E-state index contributed by atoms with van der Waals surface area (Å²) in [5.74, 6) is 0. The van der Waals surface area contributed by atoms with Gasteiger partial charge in [-0.3, -0.25) is 0 Å². The largest absolute Gasteiger partial charge is 0.374 e. The Hall–Kier alpha value is -0.680. The summed E-state index contributed by atoms with van der Waals surface area (Å²) < 4.78 is 0.856. The number of aromatic nitrogens is 2. The number of nitrogens with zero attached hydrogens (tertiary/aromatic N) is 3. The molecule has 1 aromatic rings. The Labute approximate surface area is 70.2 Å². The summed E-state index contributed by atoms with van der Waals surface area (Å²) in [6.45, 7) is 0.884. The molecule has 11 heavy (non-hydrogen) atoms. The number of hydrogen-bond donors (Lipinski definition) is 1. The van der Waals surface area contributed by atoms with Crippen LogP contribution in [0.5, 0.6) is 0 Å². The van der Waals surface area contributed by atoms with E-state index in [1.165, 1.54) is 11.3 Å². The molecule has 0 aromatic carbocycles. The van der Waals surface area contributed by atoms with Gasteiger partial charge in [0.05, 0.1) is 21.1 Å². The second kappa shape index (κ2) is 2.75. The molecule has 1 heterocycles. The van der Waals surface area contributed by atoms with Gasteiger partial charge in [0.15, 0.2) is 5.01 Å². The van der Waals surface area contributed by atoms with Crippen molar-refractivity contribution >= 4 is 16.5 Å². The van der Waals surface area contributed by atoms with Crippen molar-refractivity contribution in [3.05, 3.63) is 5.01 Å². The third-order valence-electron chi connectivity index (χ3n) is 1.09. The van der Waals surface area contributed by atoms with Gasteiger partial charge in [-0.25, -0.2) is 0 Å². The minimum absolute atomic E-state index is 0.549. The molecule has 0 aliphatic rings. The lowest BCUT2D eigenvalue weighted by molar-refractivity contribution is -0.883. The molecule has 0 saturated heterocycles. The van der Waals surface area contributed by atoms with Crippen LogP contribution in [0.4, 0.5) is 5.13 Å². The van der Waals surface area contributed by atoms with Gasteiger partial charge < -0.3 is 10.2 Å². The Morgan fingerprint density at radius 2 is 2.00 bits per heavy atom. The molecule has 0 aliphatic carbocycles. The summed E-state index contributed by atoms with van der Waals surface area (Å²) >= 11 is 1.45. The van der Waals surface area contributed by atoms with Gasteiger partial charge in [-0.15, -0.1) is 10.2 Å². The first-order valence-electron chi connectivity index (χ1n) is 3.36. The average molecular weight is 173 g/mol. The fraction of sp³-hybridized carbons (Fsp3) is 0.667. The molecule has 0 radical (unpaired) electrons. The van der Waals surface area contributed by atoms with E-state index in [1.54, 1.807) is 0 Å². The Morgan fingerprint density at radius 3 is 2.36 bits per heavy atom. The van der Waals surface area contributed by atoms with E-state index in [0.717, 1.165) is 16.0 Å². The van der Waals surface area contributed by atoms with Crippen LogP contribution in [0.25, 0.3) is 0 Å². The molecule has 0 bridgehead atoms. The highest BCUT2D eigenvalue weighted by atomic mass is 32.1. The Morgan fingerprint density at radius 1 is 1.36 bits per heavy atom. The topological polar surface area (TPSA) is 51.8 Å². The zero-order valence-corrected chi connectivity index (χ0v) is 7.85. The highest BCUT2D eigenvalue weighted by Gasteiger charge is 2.11. The van der Waals surface area contributed by atoms with Crippen LogP contribution in [-0.2, 0) is 6.54 Å². The number of rotatable bonds is 2. The second-order valence-electron chi connectivity index (χ2n) is 3.48. The number of quaternary nitrogens is 1. The van der Waals surface area contributed by atoms with E-state index in [1.807, 2.05) is 0 Å². The fourth-order valence-electron chi connectivity index (χ4n) is 0.736. The van der Waals surface area contributed by atoms with Crippen molar-refractivity contribution in [2.24, 2.45) is 0 Å². The van der Waals surface area contributed by atoms with Gasteiger partial charge in [-0.2, -0.15) is 0 Å². The number of nitrogen functional groups attached to an aromatic ring is 1. The van der Waals surface area contributed by atoms with Crippen LogP contribution in [0.15, 0.2) is 0 Å². The average Bonchev–Trinajstić information content (AvgIpc) is 2.10. The van der Waals surface area contributed by atoms with Gasteiger partial charge in [0.1, 0.15) is 6.54 Å². The van der Waals surface area contributed by atoms with Crippen molar-refractivity contribution in [2.45, 2.75) is 6.54 Å². The monoisotopic (exact) mass is 173 g/mol. The third-order valence-corrected chi connectivity index (χ3v) is 1.83. The molecule has 0 spiro atoms. The molecule has 0 unspecified atom stereocenters. The predicted molar refractivity (Wildman–Crippen MR) is 46.1 cm³/mol. The molecule has 1 aromatic heterocycles. The van der Waals surface area contributed by atoms with E-state index >= 15 is 0 Å². The van der Waals surface area contributed by atoms with E-state index < -0.39 is 0 Å². The van der Waals surface area contributed by atoms with Gasteiger partial charge >= 0.3 is 0 Å². The summed E-state index contributed by atoms with van der Waals surface area (Å²) in [6.07, 6.45) is 0. The Bertz CT molecular complexity index is 237. The molecule has 0 amide bonds. The lowest BCUT2D eigenvalue weighted by Crippen LogP contribution is -2.33. The number of anilines is 1. The molecule has 5 heteroatoms. The maximum absolute atomic E-state index is 5.44. The molecule has 0 atom stereocenters. The van der Waals surface area contributed by atoms with Gasteiger partial charge in [-0.1, -0.05) is 11.3 Å². The molecular weight excluding hydrogens is 160 g/mol. The van der Waals surface area contributed by atoms with Crippen LogP contribution < -0.4 is 5.73 Å². The van der Waals surface area contributed by atoms with E-state index in [-0.39, 0.29) is 0 Å². The van der Waals surface area contributed by atoms with Crippen molar-refractivity contribution in [3.8, 4) is 0 Å². The first kappa shape index (κ1) is 8.42. The SMILES string of the molecule is C[N+](C)(C)Cc1nnc(N)s1.